The molecule has 4 rings (SSSR count). The van der Waals surface area contributed by atoms with E-state index >= 15 is 0 Å². The van der Waals surface area contributed by atoms with E-state index in [2.05, 4.69) is 10.6 Å². The molecule has 0 saturated heterocycles. The highest BCUT2D eigenvalue weighted by Crippen LogP contribution is 2.29. The SMILES string of the molecule is O=C(NCC(=O)N(Cc1cccs1)[C@H](C(=O)NC1CCCC1)c1cccs1)c1cccs1. The molecule has 9 heteroatoms. The fourth-order valence-corrected chi connectivity index (χ4v) is 6.05. The van der Waals surface area contributed by atoms with E-state index < -0.39 is 6.04 Å². The van der Waals surface area contributed by atoms with Gasteiger partial charge in [0.25, 0.3) is 5.91 Å². The number of hydrogen-bond donors (Lipinski definition) is 2. The van der Waals surface area contributed by atoms with E-state index in [0.29, 0.717) is 11.4 Å². The van der Waals surface area contributed by atoms with Crippen molar-refractivity contribution in [2.45, 2.75) is 44.3 Å². The molecule has 3 heterocycles. The Morgan fingerprint density at radius 1 is 0.969 bits per heavy atom. The van der Waals surface area contributed by atoms with Gasteiger partial charge >= 0.3 is 0 Å². The third-order valence-corrected chi connectivity index (χ3v) is 8.10. The average Bonchev–Trinajstić information content (AvgIpc) is 3.59. The number of thiophene rings is 3. The summed E-state index contributed by atoms with van der Waals surface area (Å²) in [5, 5.41) is 11.6. The van der Waals surface area contributed by atoms with E-state index in [1.165, 1.54) is 22.7 Å². The van der Waals surface area contributed by atoms with E-state index in [9.17, 15) is 14.4 Å². The molecule has 0 aliphatic heterocycles. The lowest BCUT2D eigenvalue weighted by molar-refractivity contribution is -0.141. The fraction of sp³-hybridized carbons (Fsp3) is 0.348. The molecule has 1 aliphatic carbocycles. The molecule has 1 atom stereocenters. The summed E-state index contributed by atoms with van der Waals surface area (Å²) in [7, 11) is 0. The van der Waals surface area contributed by atoms with Gasteiger partial charge in [-0.1, -0.05) is 31.0 Å². The Balaban J connectivity index is 1.55. The predicted molar refractivity (Wildman–Crippen MR) is 129 cm³/mol. The second-order valence-corrected chi connectivity index (χ2v) is 10.6. The molecule has 0 spiro atoms. The monoisotopic (exact) mass is 487 g/mol. The summed E-state index contributed by atoms with van der Waals surface area (Å²) in [4.78, 5) is 43.1. The maximum Gasteiger partial charge on any atom is 0.261 e. The maximum atomic E-state index is 13.4. The molecule has 0 bridgehead atoms. The van der Waals surface area contributed by atoms with E-state index in [4.69, 9.17) is 0 Å². The zero-order chi connectivity index (χ0) is 22.3. The second kappa shape index (κ2) is 10.9. The largest absolute Gasteiger partial charge is 0.351 e. The first kappa shape index (κ1) is 22.7. The molecule has 0 aromatic carbocycles. The van der Waals surface area contributed by atoms with Gasteiger partial charge in [-0.15, -0.1) is 34.0 Å². The molecule has 0 unspecified atom stereocenters. The summed E-state index contributed by atoms with van der Waals surface area (Å²) >= 11 is 4.33. The Kier molecular flexibility index (Phi) is 7.72. The van der Waals surface area contributed by atoms with Crippen molar-refractivity contribution in [2.75, 3.05) is 6.54 Å². The quantitative estimate of drug-likeness (QED) is 0.469. The van der Waals surface area contributed by atoms with Crippen LogP contribution in [0.5, 0.6) is 0 Å². The van der Waals surface area contributed by atoms with Gasteiger partial charge in [-0.2, -0.15) is 0 Å². The maximum absolute atomic E-state index is 13.4. The van der Waals surface area contributed by atoms with Gasteiger partial charge in [0, 0.05) is 15.8 Å². The van der Waals surface area contributed by atoms with Crippen LogP contribution in [0.2, 0.25) is 0 Å². The minimum Gasteiger partial charge on any atom is -0.351 e. The lowest BCUT2D eigenvalue weighted by atomic mass is 10.1. The number of nitrogens with zero attached hydrogens (tertiary/aromatic N) is 1. The summed E-state index contributed by atoms with van der Waals surface area (Å²) in [6, 6.07) is 10.6. The minimum absolute atomic E-state index is 0.155. The highest BCUT2D eigenvalue weighted by molar-refractivity contribution is 7.12. The number of nitrogens with one attached hydrogen (secondary N) is 2. The van der Waals surface area contributed by atoms with Gasteiger partial charge in [0.05, 0.1) is 18.0 Å². The standard InChI is InChI=1S/C23H25N3O3S3/c27-20(14-24-22(28)19-10-5-13-32-19)26(15-17-8-3-11-30-17)21(18-9-4-12-31-18)23(29)25-16-6-1-2-7-16/h3-5,8-13,16,21H,1-2,6-7,14-15H2,(H,24,28)(H,25,29)/t21-/m0/s1. The van der Waals surface area contributed by atoms with Gasteiger partial charge in [0.2, 0.25) is 11.8 Å². The van der Waals surface area contributed by atoms with Crippen molar-refractivity contribution in [2.24, 2.45) is 0 Å². The number of rotatable bonds is 9. The summed E-state index contributed by atoms with van der Waals surface area (Å²) < 4.78 is 0. The number of amides is 3. The van der Waals surface area contributed by atoms with Gasteiger partial charge in [-0.3, -0.25) is 14.4 Å². The van der Waals surface area contributed by atoms with Crippen molar-refractivity contribution in [1.82, 2.24) is 15.5 Å². The van der Waals surface area contributed by atoms with Crippen molar-refractivity contribution < 1.29 is 14.4 Å². The normalized spacial score (nSPS) is 14.8. The highest BCUT2D eigenvalue weighted by atomic mass is 32.1. The van der Waals surface area contributed by atoms with Crippen molar-refractivity contribution in [3.05, 3.63) is 67.2 Å². The number of carbonyl (C=O) groups is 3. The Labute approximate surface area is 199 Å². The smallest absolute Gasteiger partial charge is 0.261 e. The molecule has 2 N–H and O–H groups in total. The minimum atomic E-state index is -0.733. The van der Waals surface area contributed by atoms with Gasteiger partial charge in [0.1, 0.15) is 6.04 Å². The average molecular weight is 488 g/mol. The van der Waals surface area contributed by atoms with E-state index in [1.807, 2.05) is 40.4 Å². The zero-order valence-corrected chi connectivity index (χ0v) is 19.9. The van der Waals surface area contributed by atoms with Crippen molar-refractivity contribution in [1.29, 1.82) is 0 Å². The Morgan fingerprint density at radius 2 is 1.69 bits per heavy atom. The van der Waals surface area contributed by atoms with Crippen molar-refractivity contribution >= 4 is 51.7 Å². The molecule has 1 fully saturated rings. The van der Waals surface area contributed by atoms with E-state index in [1.54, 1.807) is 28.4 Å². The van der Waals surface area contributed by atoms with Crippen LogP contribution < -0.4 is 10.6 Å². The summed E-state index contributed by atoms with van der Waals surface area (Å²) in [6.07, 6.45) is 4.17. The topological polar surface area (TPSA) is 78.5 Å². The molecule has 32 heavy (non-hydrogen) atoms. The third-order valence-electron chi connectivity index (χ3n) is 5.45. The summed E-state index contributed by atoms with van der Waals surface area (Å²) in [5.74, 6) is -0.732. The highest BCUT2D eigenvalue weighted by Gasteiger charge is 2.34. The van der Waals surface area contributed by atoms with E-state index in [0.717, 1.165) is 35.4 Å². The van der Waals surface area contributed by atoms with Crippen molar-refractivity contribution in [3.63, 3.8) is 0 Å². The molecule has 0 radical (unpaired) electrons. The second-order valence-electron chi connectivity index (χ2n) is 7.67. The Morgan fingerprint density at radius 3 is 2.34 bits per heavy atom. The van der Waals surface area contributed by atoms with Crippen LogP contribution in [0.25, 0.3) is 0 Å². The zero-order valence-electron chi connectivity index (χ0n) is 17.5. The Hall–Kier alpha value is -2.49. The van der Waals surface area contributed by atoms with Gasteiger partial charge in [-0.05, 0) is 47.2 Å². The van der Waals surface area contributed by atoms with Crippen LogP contribution in [-0.2, 0) is 16.1 Å². The van der Waals surface area contributed by atoms with Crippen LogP contribution in [0.3, 0.4) is 0 Å². The Bertz CT molecular complexity index is 1010. The molecule has 3 aromatic heterocycles. The molecule has 6 nitrogen and oxygen atoms in total. The van der Waals surface area contributed by atoms with E-state index in [-0.39, 0.29) is 30.3 Å². The van der Waals surface area contributed by atoms with Crippen LogP contribution in [0, 0.1) is 0 Å². The van der Waals surface area contributed by atoms with Gasteiger partial charge < -0.3 is 15.5 Å². The molecule has 3 aromatic rings. The fourth-order valence-electron chi connectivity index (χ4n) is 3.87. The molecular formula is C23H25N3O3S3. The van der Waals surface area contributed by atoms with Crippen LogP contribution >= 0.6 is 34.0 Å². The summed E-state index contributed by atoms with van der Waals surface area (Å²) in [6.45, 7) is 0.146. The van der Waals surface area contributed by atoms with Gasteiger partial charge in [0.15, 0.2) is 0 Å². The predicted octanol–water partition coefficient (Wildman–Crippen LogP) is 4.43. The van der Waals surface area contributed by atoms with Crippen LogP contribution in [0.15, 0.2) is 52.5 Å². The molecular weight excluding hydrogens is 462 g/mol. The molecule has 1 aliphatic rings. The number of hydrogen-bond acceptors (Lipinski definition) is 6. The lowest BCUT2D eigenvalue weighted by Gasteiger charge is -2.31. The first-order valence-electron chi connectivity index (χ1n) is 10.6. The molecule has 1 saturated carbocycles. The molecule has 168 valence electrons. The van der Waals surface area contributed by atoms with Crippen LogP contribution in [0.1, 0.15) is 51.2 Å². The lowest BCUT2D eigenvalue weighted by Crippen LogP contribution is -2.48. The summed E-state index contributed by atoms with van der Waals surface area (Å²) in [5.41, 5.74) is 0. The van der Waals surface area contributed by atoms with Gasteiger partial charge in [-0.25, -0.2) is 0 Å². The number of carbonyl (C=O) groups excluding carboxylic acids is 3. The van der Waals surface area contributed by atoms with Crippen LogP contribution in [0.4, 0.5) is 0 Å². The van der Waals surface area contributed by atoms with Crippen molar-refractivity contribution in [3.8, 4) is 0 Å². The molecule has 3 amide bonds. The first-order chi connectivity index (χ1) is 15.6. The first-order valence-corrected chi connectivity index (χ1v) is 13.2. The van der Waals surface area contributed by atoms with Crippen LogP contribution in [-0.4, -0.2) is 35.2 Å². The third kappa shape index (κ3) is 5.65.